The molecule has 0 saturated heterocycles. The molecule has 1 aliphatic heterocycles. The molecule has 0 fully saturated rings. The summed E-state index contributed by atoms with van der Waals surface area (Å²) in [5, 5.41) is 10.2. The van der Waals surface area contributed by atoms with Gasteiger partial charge in [-0.1, -0.05) is 60.7 Å². The Morgan fingerprint density at radius 3 is 2.08 bits per heavy atom. The summed E-state index contributed by atoms with van der Waals surface area (Å²) in [6.45, 7) is 0. The standard InChI is InChI=1S/C29H25N3O5/c1-35-23-15-14-20(16-21(23)18-10-6-4-7-11-18)32-26(29(34)37-3)25(28(33)36-2)24(22(17-30)27(32)31)19-12-8-5-9-13-19/h4-16,24H,31H2,1-3H3. The Bertz CT molecular complexity index is 1440. The van der Waals surface area contributed by atoms with E-state index < -0.39 is 17.9 Å². The molecule has 4 rings (SSSR count). The topological polar surface area (TPSA) is 115 Å². The fourth-order valence-electron chi connectivity index (χ4n) is 4.46. The van der Waals surface area contributed by atoms with E-state index in [9.17, 15) is 14.9 Å². The van der Waals surface area contributed by atoms with Crippen LogP contribution in [-0.4, -0.2) is 33.3 Å². The minimum Gasteiger partial charge on any atom is -0.496 e. The van der Waals surface area contributed by atoms with Crippen molar-refractivity contribution in [1.29, 1.82) is 5.26 Å². The van der Waals surface area contributed by atoms with Crippen LogP contribution in [0.2, 0.25) is 0 Å². The molecule has 37 heavy (non-hydrogen) atoms. The van der Waals surface area contributed by atoms with Crippen molar-refractivity contribution < 1.29 is 23.8 Å². The molecule has 8 nitrogen and oxygen atoms in total. The molecular weight excluding hydrogens is 470 g/mol. The van der Waals surface area contributed by atoms with Gasteiger partial charge in [-0.15, -0.1) is 0 Å². The smallest absolute Gasteiger partial charge is 0.355 e. The second-order valence-corrected chi connectivity index (χ2v) is 8.09. The molecule has 1 heterocycles. The highest BCUT2D eigenvalue weighted by Crippen LogP contribution is 2.44. The number of ether oxygens (including phenoxy) is 3. The minimum atomic E-state index is -0.934. The third kappa shape index (κ3) is 4.50. The number of allylic oxidation sites excluding steroid dienone is 1. The first-order chi connectivity index (χ1) is 18.0. The van der Waals surface area contributed by atoms with Crippen LogP contribution in [0.15, 0.2) is 102 Å². The predicted octanol–water partition coefficient (Wildman–Crippen LogP) is 4.26. The van der Waals surface area contributed by atoms with Crippen LogP contribution in [0.1, 0.15) is 11.5 Å². The molecule has 0 radical (unpaired) electrons. The third-order valence-electron chi connectivity index (χ3n) is 6.14. The van der Waals surface area contributed by atoms with Crippen molar-refractivity contribution in [2.24, 2.45) is 5.73 Å². The minimum absolute atomic E-state index is 0.00594. The lowest BCUT2D eigenvalue weighted by molar-refractivity contribution is -0.139. The molecule has 0 aromatic heterocycles. The van der Waals surface area contributed by atoms with Crippen LogP contribution in [0.25, 0.3) is 11.1 Å². The summed E-state index contributed by atoms with van der Waals surface area (Å²) in [7, 11) is 3.98. The molecule has 0 saturated carbocycles. The number of hydrogen-bond acceptors (Lipinski definition) is 8. The van der Waals surface area contributed by atoms with E-state index in [2.05, 4.69) is 6.07 Å². The molecule has 8 heteroatoms. The maximum atomic E-state index is 13.3. The van der Waals surface area contributed by atoms with Crippen LogP contribution in [0.4, 0.5) is 5.69 Å². The lowest BCUT2D eigenvalue weighted by Gasteiger charge is -2.36. The van der Waals surface area contributed by atoms with Gasteiger partial charge in [-0.2, -0.15) is 5.26 Å². The highest BCUT2D eigenvalue weighted by molar-refractivity contribution is 6.06. The molecule has 0 spiro atoms. The van der Waals surface area contributed by atoms with Crippen LogP contribution in [-0.2, 0) is 19.1 Å². The van der Waals surface area contributed by atoms with Crippen LogP contribution in [0.5, 0.6) is 5.75 Å². The fourth-order valence-corrected chi connectivity index (χ4v) is 4.46. The summed E-state index contributed by atoms with van der Waals surface area (Å²) in [6.07, 6.45) is 0. The highest BCUT2D eigenvalue weighted by Gasteiger charge is 2.43. The number of carbonyl (C=O) groups excluding carboxylic acids is 2. The van der Waals surface area contributed by atoms with E-state index in [-0.39, 0.29) is 22.7 Å². The number of nitrogens with zero attached hydrogens (tertiary/aromatic N) is 2. The number of esters is 2. The maximum absolute atomic E-state index is 13.3. The van der Waals surface area contributed by atoms with Crippen LogP contribution >= 0.6 is 0 Å². The van der Waals surface area contributed by atoms with Crippen molar-refractivity contribution in [1.82, 2.24) is 0 Å². The largest absolute Gasteiger partial charge is 0.496 e. The molecule has 1 atom stereocenters. The summed E-state index contributed by atoms with van der Waals surface area (Å²) in [5.74, 6) is -1.94. The summed E-state index contributed by atoms with van der Waals surface area (Å²) in [4.78, 5) is 27.8. The molecule has 3 aromatic carbocycles. The van der Waals surface area contributed by atoms with Crippen LogP contribution in [0.3, 0.4) is 0 Å². The van der Waals surface area contributed by atoms with E-state index in [0.717, 1.165) is 11.1 Å². The Balaban J connectivity index is 2.05. The van der Waals surface area contributed by atoms with Gasteiger partial charge in [0.2, 0.25) is 0 Å². The van der Waals surface area contributed by atoms with Gasteiger partial charge in [0, 0.05) is 11.3 Å². The van der Waals surface area contributed by atoms with Gasteiger partial charge in [0.05, 0.1) is 44.5 Å². The number of nitriles is 1. The average molecular weight is 496 g/mol. The van der Waals surface area contributed by atoms with Gasteiger partial charge in [-0.3, -0.25) is 4.90 Å². The SMILES string of the molecule is COC(=O)C1=C(C(=O)OC)N(c2ccc(OC)c(-c3ccccc3)c2)C(N)=C(C#N)C1c1ccccc1. The molecule has 0 aliphatic carbocycles. The Morgan fingerprint density at radius 1 is 0.892 bits per heavy atom. The molecule has 0 bridgehead atoms. The molecular formula is C29H25N3O5. The number of rotatable bonds is 6. The molecule has 0 amide bonds. The van der Waals surface area contributed by atoms with E-state index in [4.69, 9.17) is 19.9 Å². The first-order valence-corrected chi connectivity index (χ1v) is 11.4. The Kier molecular flexibility index (Phi) is 7.26. The zero-order valence-electron chi connectivity index (χ0n) is 20.6. The summed E-state index contributed by atoms with van der Waals surface area (Å²) < 4.78 is 15.7. The number of nitrogens with two attached hydrogens (primary N) is 1. The van der Waals surface area contributed by atoms with Gasteiger partial charge < -0.3 is 19.9 Å². The Labute approximate surface area is 214 Å². The third-order valence-corrected chi connectivity index (χ3v) is 6.14. The van der Waals surface area contributed by atoms with Gasteiger partial charge in [0.25, 0.3) is 0 Å². The lowest BCUT2D eigenvalue weighted by Crippen LogP contribution is -2.40. The van der Waals surface area contributed by atoms with Crippen molar-refractivity contribution >= 4 is 17.6 Å². The number of anilines is 1. The first kappa shape index (κ1) is 25.1. The fraction of sp³-hybridized carbons (Fsp3) is 0.138. The number of carbonyl (C=O) groups is 2. The van der Waals surface area contributed by atoms with Crippen molar-refractivity contribution in [3.8, 4) is 22.9 Å². The second kappa shape index (κ2) is 10.7. The molecule has 1 aliphatic rings. The van der Waals surface area contributed by atoms with Gasteiger partial charge >= 0.3 is 11.9 Å². The summed E-state index contributed by atoms with van der Waals surface area (Å²) >= 11 is 0. The van der Waals surface area contributed by atoms with E-state index in [0.29, 0.717) is 17.0 Å². The van der Waals surface area contributed by atoms with Gasteiger partial charge in [0.15, 0.2) is 0 Å². The van der Waals surface area contributed by atoms with E-state index in [1.54, 1.807) is 49.6 Å². The monoisotopic (exact) mass is 495 g/mol. The highest BCUT2D eigenvalue weighted by atomic mass is 16.5. The summed E-state index contributed by atoms with van der Waals surface area (Å²) in [5.41, 5.74) is 9.12. The van der Waals surface area contributed by atoms with Crippen molar-refractivity contribution in [3.63, 3.8) is 0 Å². The van der Waals surface area contributed by atoms with Gasteiger partial charge in [-0.25, -0.2) is 9.59 Å². The predicted molar refractivity (Wildman–Crippen MR) is 138 cm³/mol. The molecule has 186 valence electrons. The van der Waals surface area contributed by atoms with Gasteiger partial charge in [-0.05, 0) is 29.3 Å². The quantitative estimate of drug-likeness (QED) is 0.505. The van der Waals surface area contributed by atoms with Crippen molar-refractivity contribution in [3.05, 3.63) is 107 Å². The van der Waals surface area contributed by atoms with Crippen molar-refractivity contribution in [2.75, 3.05) is 26.2 Å². The number of benzene rings is 3. The van der Waals surface area contributed by atoms with E-state index in [1.807, 2.05) is 36.4 Å². The zero-order valence-corrected chi connectivity index (χ0v) is 20.6. The maximum Gasteiger partial charge on any atom is 0.355 e. The van der Waals surface area contributed by atoms with Crippen LogP contribution < -0.4 is 15.4 Å². The van der Waals surface area contributed by atoms with E-state index in [1.165, 1.54) is 19.1 Å². The van der Waals surface area contributed by atoms with E-state index >= 15 is 0 Å². The summed E-state index contributed by atoms with van der Waals surface area (Å²) in [6, 6.07) is 25.7. The molecule has 2 N–H and O–H groups in total. The first-order valence-electron chi connectivity index (χ1n) is 11.4. The lowest BCUT2D eigenvalue weighted by atomic mass is 9.81. The molecule has 3 aromatic rings. The zero-order chi connectivity index (χ0) is 26.5. The Hall–Kier alpha value is -5.03. The second-order valence-electron chi connectivity index (χ2n) is 8.09. The number of methoxy groups -OCH3 is 3. The van der Waals surface area contributed by atoms with Gasteiger partial charge in [0.1, 0.15) is 17.3 Å². The number of hydrogen-bond donors (Lipinski definition) is 1. The Morgan fingerprint density at radius 2 is 1.51 bits per heavy atom. The molecule has 1 unspecified atom stereocenters. The normalized spacial score (nSPS) is 15.2. The average Bonchev–Trinajstić information content (AvgIpc) is 2.96. The van der Waals surface area contributed by atoms with Crippen LogP contribution in [0, 0.1) is 11.3 Å². The van der Waals surface area contributed by atoms with Crippen molar-refractivity contribution in [2.45, 2.75) is 5.92 Å².